The Morgan fingerprint density at radius 1 is 1.79 bits per heavy atom. The van der Waals surface area contributed by atoms with Crippen molar-refractivity contribution in [3.8, 4) is 12.3 Å². The molecule has 0 aliphatic rings. The number of nitrogens with zero attached hydrogens (tertiary/aromatic N) is 1. The lowest BCUT2D eigenvalue weighted by atomic mass is 10.4. The number of nitrogen functional groups attached to an aromatic ring is 1. The number of amides is 1. The maximum atomic E-state index is 11.5. The van der Waals surface area contributed by atoms with Gasteiger partial charge < -0.3 is 15.6 Å². The average Bonchev–Trinajstić information content (AvgIpc) is 2.56. The first-order valence-electron chi connectivity index (χ1n) is 4.36. The van der Waals surface area contributed by atoms with Gasteiger partial charge in [-0.3, -0.25) is 4.79 Å². The van der Waals surface area contributed by atoms with E-state index in [1.54, 1.807) is 16.8 Å². The van der Waals surface area contributed by atoms with E-state index in [0.717, 1.165) is 0 Å². The zero-order valence-electron chi connectivity index (χ0n) is 8.08. The number of carbonyl (C=O) groups excluding carboxylic acids is 1. The summed E-state index contributed by atoms with van der Waals surface area (Å²) < 4.78 is 1.78. The monoisotopic (exact) mass is 191 g/mol. The molecule has 14 heavy (non-hydrogen) atoms. The van der Waals surface area contributed by atoms with E-state index in [0.29, 0.717) is 17.9 Å². The normalized spacial score (nSPS) is 9.43. The maximum Gasteiger partial charge on any atom is 0.268 e. The minimum absolute atomic E-state index is 0.193. The highest BCUT2D eigenvalue weighted by molar-refractivity contribution is 5.93. The van der Waals surface area contributed by atoms with E-state index in [1.165, 1.54) is 0 Å². The fourth-order valence-electron chi connectivity index (χ4n) is 1.21. The van der Waals surface area contributed by atoms with Crippen molar-refractivity contribution >= 4 is 11.6 Å². The SMILES string of the molecule is C#CCNC(=O)c1cc(N)cn1CC. The minimum Gasteiger partial charge on any atom is -0.397 e. The number of nitrogens with one attached hydrogen (secondary N) is 1. The number of aryl methyl sites for hydroxylation is 1. The van der Waals surface area contributed by atoms with Gasteiger partial charge in [-0.05, 0) is 13.0 Å². The first-order chi connectivity index (χ1) is 6.69. The zero-order chi connectivity index (χ0) is 10.6. The predicted molar refractivity (Wildman–Crippen MR) is 55.7 cm³/mol. The molecule has 0 spiro atoms. The smallest absolute Gasteiger partial charge is 0.268 e. The Kier molecular flexibility index (Phi) is 3.19. The lowest BCUT2D eigenvalue weighted by Gasteiger charge is -2.04. The molecule has 3 N–H and O–H groups in total. The lowest BCUT2D eigenvalue weighted by Crippen LogP contribution is -2.25. The fourth-order valence-corrected chi connectivity index (χ4v) is 1.21. The summed E-state index contributed by atoms with van der Waals surface area (Å²) in [5, 5.41) is 2.59. The summed E-state index contributed by atoms with van der Waals surface area (Å²) in [5.74, 6) is 2.15. The van der Waals surface area contributed by atoms with Gasteiger partial charge >= 0.3 is 0 Å². The molecule has 0 aliphatic carbocycles. The van der Waals surface area contributed by atoms with Crippen molar-refractivity contribution in [1.29, 1.82) is 0 Å². The zero-order valence-corrected chi connectivity index (χ0v) is 8.08. The van der Waals surface area contributed by atoms with Gasteiger partial charge in [-0.25, -0.2) is 0 Å². The van der Waals surface area contributed by atoms with Crippen molar-refractivity contribution in [2.24, 2.45) is 0 Å². The highest BCUT2D eigenvalue weighted by atomic mass is 16.1. The van der Waals surface area contributed by atoms with Crippen LogP contribution in [0.5, 0.6) is 0 Å². The second-order valence-corrected chi connectivity index (χ2v) is 2.83. The van der Waals surface area contributed by atoms with E-state index in [4.69, 9.17) is 12.2 Å². The minimum atomic E-state index is -0.193. The molecule has 1 aromatic heterocycles. The number of hydrogen-bond acceptors (Lipinski definition) is 2. The molecule has 0 bridgehead atoms. The molecule has 0 saturated carbocycles. The number of hydrogen-bond donors (Lipinski definition) is 2. The van der Waals surface area contributed by atoms with Crippen LogP contribution in [0.2, 0.25) is 0 Å². The number of rotatable bonds is 3. The van der Waals surface area contributed by atoms with Crippen molar-refractivity contribution in [3.05, 3.63) is 18.0 Å². The highest BCUT2D eigenvalue weighted by Gasteiger charge is 2.10. The first kappa shape index (κ1) is 10.2. The van der Waals surface area contributed by atoms with E-state index in [9.17, 15) is 4.79 Å². The van der Waals surface area contributed by atoms with Crippen LogP contribution in [0.15, 0.2) is 12.3 Å². The van der Waals surface area contributed by atoms with Crippen LogP contribution in [0.3, 0.4) is 0 Å². The summed E-state index contributed by atoms with van der Waals surface area (Å²) in [5.41, 5.74) is 6.70. The molecule has 0 unspecified atom stereocenters. The van der Waals surface area contributed by atoms with Crippen molar-refractivity contribution in [2.75, 3.05) is 12.3 Å². The lowest BCUT2D eigenvalue weighted by molar-refractivity contribution is 0.0949. The second kappa shape index (κ2) is 4.38. The molecule has 74 valence electrons. The molecule has 1 rings (SSSR count). The van der Waals surface area contributed by atoms with E-state index in [-0.39, 0.29) is 12.5 Å². The molecule has 4 nitrogen and oxygen atoms in total. The molecule has 4 heteroatoms. The van der Waals surface area contributed by atoms with Crippen LogP contribution >= 0.6 is 0 Å². The molecule has 1 aromatic rings. The Hall–Kier alpha value is -1.89. The van der Waals surface area contributed by atoms with E-state index < -0.39 is 0 Å². The van der Waals surface area contributed by atoms with Gasteiger partial charge in [-0.15, -0.1) is 6.42 Å². The van der Waals surface area contributed by atoms with Crippen LogP contribution in [0.25, 0.3) is 0 Å². The van der Waals surface area contributed by atoms with Crippen LogP contribution in [-0.2, 0) is 6.54 Å². The van der Waals surface area contributed by atoms with Crippen LogP contribution in [0.1, 0.15) is 17.4 Å². The van der Waals surface area contributed by atoms with Gasteiger partial charge in [-0.2, -0.15) is 0 Å². The largest absolute Gasteiger partial charge is 0.397 e. The van der Waals surface area contributed by atoms with Gasteiger partial charge in [0, 0.05) is 12.7 Å². The van der Waals surface area contributed by atoms with Gasteiger partial charge in [0.05, 0.1) is 12.2 Å². The average molecular weight is 191 g/mol. The van der Waals surface area contributed by atoms with Gasteiger partial charge in [0.2, 0.25) is 0 Å². The molecule has 0 saturated heterocycles. The van der Waals surface area contributed by atoms with Gasteiger partial charge in [0.25, 0.3) is 5.91 Å². The maximum absolute atomic E-state index is 11.5. The highest BCUT2D eigenvalue weighted by Crippen LogP contribution is 2.09. The number of terminal acetylenes is 1. The Bertz CT molecular complexity index is 373. The van der Waals surface area contributed by atoms with E-state index >= 15 is 0 Å². The third-order valence-corrected chi connectivity index (χ3v) is 1.84. The molecule has 0 aromatic carbocycles. The summed E-state index contributed by atoms with van der Waals surface area (Å²) in [6.45, 7) is 2.88. The third kappa shape index (κ3) is 2.07. The van der Waals surface area contributed by atoms with Crippen molar-refractivity contribution in [3.63, 3.8) is 0 Å². The second-order valence-electron chi connectivity index (χ2n) is 2.83. The predicted octanol–water partition coefficient (Wildman–Crippen LogP) is 0.453. The topological polar surface area (TPSA) is 60.1 Å². The molecule has 0 fully saturated rings. The Labute approximate surface area is 83.1 Å². The Morgan fingerprint density at radius 2 is 2.50 bits per heavy atom. The number of nitrogens with two attached hydrogens (primary N) is 1. The summed E-state index contributed by atoms with van der Waals surface area (Å²) >= 11 is 0. The number of carbonyl (C=O) groups is 1. The molecule has 1 amide bonds. The van der Waals surface area contributed by atoms with Gasteiger partial charge in [-0.1, -0.05) is 5.92 Å². The standard InChI is InChI=1S/C10H13N3O/c1-3-5-12-10(14)9-6-8(11)7-13(9)4-2/h1,6-7H,4-5,11H2,2H3,(H,12,14). The molecule has 0 aliphatic heterocycles. The molecular formula is C10H13N3O. The Balaban J connectivity index is 2.84. The molecular weight excluding hydrogens is 178 g/mol. The van der Waals surface area contributed by atoms with Crippen LogP contribution < -0.4 is 11.1 Å². The van der Waals surface area contributed by atoms with Crippen molar-refractivity contribution in [1.82, 2.24) is 9.88 Å². The molecule has 0 atom stereocenters. The Morgan fingerprint density at radius 3 is 3.07 bits per heavy atom. The number of aromatic nitrogens is 1. The van der Waals surface area contributed by atoms with E-state index in [1.807, 2.05) is 6.92 Å². The summed E-state index contributed by atoms with van der Waals surface area (Å²) in [4.78, 5) is 11.5. The molecule has 0 radical (unpaired) electrons. The van der Waals surface area contributed by atoms with Crippen LogP contribution in [-0.4, -0.2) is 17.0 Å². The van der Waals surface area contributed by atoms with Gasteiger partial charge in [0.15, 0.2) is 0 Å². The quantitative estimate of drug-likeness (QED) is 0.681. The summed E-state index contributed by atoms with van der Waals surface area (Å²) in [7, 11) is 0. The first-order valence-corrected chi connectivity index (χ1v) is 4.36. The summed E-state index contributed by atoms with van der Waals surface area (Å²) in [6, 6.07) is 1.63. The molecule has 1 heterocycles. The van der Waals surface area contributed by atoms with Gasteiger partial charge in [0.1, 0.15) is 5.69 Å². The van der Waals surface area contributed by atoms with E-state index in [2.05, 4.69) is 11.2 Å². The van der Waals surface area contributed by atoms with Crippen LogP contribution in [0.4, 0.5) is 5.69 Å². The van der Waals surface area contributed by atoms with Crippen molar-refractivity contribution < 1.29 is 4.79 Å². The van der Waals surface area contributed by atoms with Crippen molar-refractivity contribution in [2.45, 2.75) is 13.5 Å². The van der Waals surface area contributed by atoms with Crippen LogP contribution in [0, 0.1) is 12.3 Å². The third-order valence-electron chi connectivity index (χ3n) is 1.84. The summed E-state index contributed by atoms with van der Waals surface area (Å²) in [6.07, 6.45) is 6.76. The fraction of sp³-hybridized carbons (Fsp3) is 0.300. The number of anilines is 1.